The maximum absolute atomic E-state index is 9.59. The van der Waals surface area contributed by atoms with E-state index in [4.69, 9.17) is 0 Å². The fourth-order valence-corrected chi connectivity index (χ4v) is 1.66. The van der Waals surface area contributed by atoms with Crippen LogP contribution < -0.4 is 4.90 Å². The van der Waals surface area contributed by atoms with Crippen molar-refractivity contribution in [3.05, 3.63) is 29.8 Å². The first-order valence-corrected chi connectivity index (χ1v) is 4.82. The van der Waals surface area contributed by atoms with E-state index in [9.17, 15) is 5.11 Å². The third-order valence-electron chi connectivity index (χ3n) is 2.39. The number of hydrogen-bond acceptors (Lipinski definition) is 3. The highest BCUT2D eigenvalue weighted by atomic mass is 16.3. The summed E-state index contributed by atoms with van der Waals surface area (Å²) in [6.07, 6.45) is 1.40. The smallest absolute Gasteiger partial charge is 0.0895 e. The van der Waals surface area contributed by atoms with E-state index in [1.54, 1.807) is 6.92 Å². The van der Waals surface area contributed by atoms with E-state index >= 15 is 0 Å². The standard InChI is InChI=1S/C11H14N2O/c1-9(14)10-4-2-3-5-11(10)13-7-6-12-8-13/h2-5,8-9,14H,6-7H2,1H3. The van der Waals surface area contributed by atoms with Crippen molar-refractivity contribution >= 4 is 12.0 Å². The van der Waals surface area contributed by atoms with Crippen LogP contribution in [0, 0.1) is 0 Å². The minimum Gasteiger partial charge on any atom is -0.389 e. The summed E-state index contributed by atoms with van der Waals surface area (Å²) in [5, 5.41) is 9.59. The molecule has 74 valence electrons. The third kappa shape index (κ3) is 1.63. The zero-order valence-corrected chi connectivity index (χ0v) is 8.22. The Morgan fingerprint density at radius 3 is 2.86 bits per heavy atom. The molecular formula is C11H14N2O. The van der Waals surface area contributed by atoms with Gasteiger partial charge in [0.15, 0.2) is 0 Å². The Labute approximate surface area is 83.7 Å². The highest BCUT2D eigenvalue weighted by Crippen LogP contribution is 2.25. The van der Waals surface area contributed by atoms with E-state index < -0.39 is 6.10 Å². The van der Waals surface area contributed by atoms with Gasteiger partial charge in [0.2, 0.25) is 0 Å². The number of hydrogen-bond donors (Lipinski definition) is 1. The third-order valence-corrected chi connectivity index (χ3v) is 2.39. The molecule has 0 spiro atoms. The Morgan fingerprint density at radius 1 is 1.43 bits per heavy atom. The van der Waals surface area contributed by atoms with Crippen molar-refractivity contribution in [3.8, 4) is 0 Å². The summed E-state index contributed by atoms with van der Waals surface area (Å²) in [5.41, 5.74) is 2.02. The lowest BCUT2D eigenvalue weighted by Gasteiger charge is -2.19. The quantitative estimate of drug-likeness (QED) is 0.768. The number of anilines is 1. The second-order valence-electron chi connectivity index (χ2n) is 3.45. The number of rotatable bonds is 2. The number of aliphatic imine (C=N–C) groups is 1. The molecule has 1 aromatic rings. The van der Waals surface area contributed by atoms with E-state index in [0.29, 0.717) is 0 Å². The van der Waals surface area contributed by atoms with Gasteiger partial charge in [0.25, 0.3) is 0 Å². The minimum absolute atomic E-state index is 0.430. The Balaban J connectivity index is 2.35. The van der Waals surface area contributed by atoms with Crippen LogP contribution in [0.4, 0.5) is 5.69 Å². The molecule has 0 radical (unpaired) electrons. The van der Waals surface area contributed by atoms with Crippen LogP contribution in [0.3, 0.4) is 0 Å². The predicted octanol–water partition coefficient (Wildman–Crippen LogP) is 1.59. The summed E-state index contributed by atoms with van der Waals surface area (Å²) >= 11 is 0. The average Bonchev–Trinajstić information content (AvgIpc) is 2.70. The van der Waals surface area contributed by atoms with Crippen molar-refractivity contribution in [1.29, 1.82) is 0 Å². The van der Waals surface area contributed by atoms with Crippen molar-refractivity contribution in [2.75, 3.05) is 18.0 Å². The van der Waals surface area contributed by atoms with Gasteiger partial charge in [-0.1, -0.05) is 18.2 Å². The van der Waals surface area contributed by atoms with Crippen LogP contribution in [0.15, 0.2) is 29.3 Å². The number of nitrogens with zero attached hydrogens (tertiary/aromatic N) is 2. The summed E-state index contributed by atoms with van der Waals surface area (Å²) in [5.74, 6) is 0. The Bertz CT molecular complexity index is 347. The fraction of sp³-hybridized carbons (Fsp3) is 0.364. The Morgan fingerprint density at radius 2 is 2.21 bits per heavy atom. The minimum atomic E-state index is -0.430. The van der Waals surface area contributed by atoms with Gasteiger partial charge in [-0.2, -0.15) is 0 Å². The first-order valence-electron chi connectivity index (χ1n) is 4.82. The van der Waals surface area contributed by atoms with Crippen molar-refractivity contribution in [3.63, 3.8) is 0 Å². The van der Waals surface area contributed by atoms with E-state index in [1.165, 1.54) is 0 Å². The maximum atomic E-state index is 9.59. The van der Waals surface area contributed by atoms with Gasteiger partial charge in [-0.15, -0.1) is 0 Å². The number of aliphatic hydroxyl groups is 1. The lowest BCUT2D eigenvalue weighted by Crippen LogP contribution is -2.20. The van der Waals surface area contributed by atoms with E-state index in [-0.39, 0.29) is 0 Å². The van der Waals surface area contributed by atoms with Gasteiger partial charge in [0, 0.05) is 17.8 Å². The molecule has 1 N–H and O–H groups in total. The predicted molar refractivity (Wildman–Crippen MR) is 57.8 cm³/mol. The molecule has 1 aliphatic heterocycles. The van der Waals surface area contributed by atoms with E-state index in [0.717, 1.165) is 24.3 Å². The van der Waals surface area contributed by atoms with Crippen LogP contribution in [-0.4, -0.2) is 24.5 Å². The topological polar surface area (TPSA) is 35.8 Å². The molecule has 3 heteroatoms. The lowest BCUT2D eigenvalue weighted by molar-refractivity contribution is 0.200. The van der Waals surface area contributed by atoms with Crippen LogP contribution in [0.25, 0.3) is 0 Å². The second kappa shape index (κ2) is 3.80. The monoisotopic (exact) mass is 190 g/mol. The van der Waals surface area contributed by atoms with Crippen LogP contribution in [0.2, 0.25) is 0 Å². The molecule has 0 saturated heterocycles. The maximum Gasteiger partial charge on any atom is 0.0895 e. The summed E-state index contributed by atoms with van der Waals surface area (Å²) < 4.78 is 0. The summed E-state index contributed by atoms with van der Waals surface area (Å²) in [4.78, 5) is 6.23. The van der Waals surface area contributed by atoms with Gasteiger partial charge in [-0.3, -0.25) is 4.99 Å². The molecule has 1 aliphatic rings. The van der Waals surface area contributed by atoms with E-state index in [1.807, 2.05) is 30.6 Å². The molecule has 1 heterocycles. The molecule has 0 amide bonds. The van der Waals surface area contributed by atoms with Crippen molar-refractivity contribution in [1.82, 2.24) is 0 Å². The number of para-hydroxylation sites is 1. The fourth-order valence-electron chi connectivity index (χ4n) is 1.66. The SMILES string of the molecule is CC(O)c1ccccc1N1C=NCC1. The Hall–Kier alpha value is -1.35. The van der Waals surface area contributed by atoms with Crippen molar-refractivity contribution in [2.24, 2.45) is 4.99 Å². The lowest BCUT2D eigenvalue weighted by atomic mass is 10.1. The molecule has 0 fully saturated rings. The molecule has 0 saturated carbocycles. The largest absolute Gasteiger partial charge is 0.389 e. The highest BCUT2D eigenvalue weighted by Gasteiger charge is 2.14. The van der Waals surface area contributed by atoms with Gasteiger partial charge in [-0.25, -0.2) is 0 Å². The second-order valence-corrected chi connectivity index (χ2v) is 3.45. The summed E-state index contributed by atoms with van der Waals surface area (Å²) in [7, 11) is 0. The van der Waals surface area contributed by atoms with Gasteiger partial charge in [0.1, 0.15) is 0 Å². The molecule has 0 aromatic heterocycles. The normalized spacial score (nSPS) is 17.4. The molecule has 1 atom stereocenters. The van der Waals surface area contributed by atoms with Crippen LogP contribution in [-0.2, 0) is 0 Å². The molecule has 0 aliphatic carbocycles. The molecule has 1 unspecified atom stereocenters. The van der Waals surface area contributed by atoms with E-state index in [2.05, 4.69) is 9.89 Å². The van der Waals surface area contributed by atoms with Gasteiger partial charge >= 0.3 is 0 Å². The molecule has 0 bridgehead atoms. The molecule has 3 nitrogen and oxygen atoms in total. The first-order chi connectivity index (χ1) is 6.79. The van der Waals surface area contributed by atoms with Gasteiger partial charge in [-0.05, 0) is 13.0 Å². The number of benzene rings is 1. The first kappa shape index (κ1) is 9.21. The summed E-state index contributed by atoms with van der Waals surface area (Å²) in [6, 6.07) is 7.89. The Kier molecular flexibility index (Phi) is 2.50. The van der Waals surface area contributed by atoms with Gasteiger partial charge < -0.3 is 10.0 Å². The van der Waals surface area contributed by atoms with Crippen molar-refractivity contribution in [2.45, 2.75) is 13.0 Å². The molecule has 2 rings (SSSR count). The number of aliphatic hydroxyl groups excluding tert-OH is 1. The summed E-state index contributed by atoms with van der Waals surface area (Å²) in [6.45, 7) is 3.53. The molecule has 1 aromatic carbocycles. The van der Waals surface area contributed by atoms with Crippen molar-refractivity contribution < 1.29 is 5.11 Å². The van der Waals surface area contributed by atoms with Gasteiger partial charge in [0.05, 0.1) is 19.0 Å². The van der Waals surface area contributed by atoms with Crippen LogP contribution in [0.5, 0.6) is 0 Å². The molecular weight excluding hydrogens is 176 g/mol. The highest BCUT2D eigenvalue weighted by molar-refractivity contribution is 5.82. The average molecular weight is 190 g/mol. The molecule has 14 heavy (non-hydrogen) atoms. The van der Waals surface area contributed by atoms with Crippen LogP contribution >= 0.6 is 0 Å². The zero-order valence-electron chi connectivity index (χ0n) is 8.22. The zero-order chi connectivity index (χ0) is 9.97. The van der Waals surface area contributed by atoms with Crippen LogP contribution in [0.1, 0.15) is 18.6 Å².